The van der Waals surface area contributed by atoms with Crippen molar-refractivity contribution >= 4 is 0 Å². The van der Waals surface area contributed by atoms with Crippen molar-refractivity contribution in [3.05, 3.63) is 12.2 Å². The molecule has 1 rings (SSSR count). The molecule has 0 aromatic heterocycles. The third kappa shape index (κ3) is 6.07. The second-order valence-electron chi connectivity index (χ2n) is 3.10. The van der Waals surface area contributed by atoms with Crippen molar-refractivity contribution in [3.8, 4) is 0 Å². The van der Waals surface area contributed by atoms with Gasteiger partial charge in [-0.25, -0.2) is 0 Å². The zero-order chi connectivity index (χ0) is 8.85. The molecule has 0 heterocycles. The van der Waals surface area contributed by atoms with Crippen LogP contribution in [-0.2, 0) is 4.74 Å². The summed E-state index contributed by atoms with van der Waals surface area (Å²) in [6.45, 7) is 7.62. The fraction of sp³-hybridized carbons (Fsp3) is 0.778. The number of rotatable bonds is 1. The lowest BCUT2D eigenvalue weighted by atomic mass is 9.83. The Morgan fingerprint density at radius 1 is 1.64 bits per heavy atom. The number of ether oxygens (including phenoxy) is 1. The standard InChI is InChI=1S/C6H10.C3H8O2/c1-5-3-6(2)4-5;1-3(4)5-2/h6H,1,3-4H2,2H3;3-4H,1-2H3. The molecule has 1 fully saturated rings. The summed E-state index contributed by atoms with van der Waals surface area (Å²) in [5.74, 6) is 0.942. The second kappa shape index (κ2) is 5.33. The first-order valence-electron chi connectivity index (χ1n) is 3.93. The average molecular weight is 158 g/mol. The summed E-state index contributed by atoms with van der Waals surface area (Å²) in [6, 6.07) is 0. The number of allylic oxidation sites excluding steroid dienone is 1. The van der Waals surface area contributed by atoms with E-state index in [9.17, 15) is 0 Å². The van der Waals surface area contributed by atoms with Gasteiger partial charge < -0.3 is 9.84 Å². The summed E-state index contributed by atoms with van der Waals surface area (Å²) in [6.07, 6.45) is 1.94. The van der Waals surface area contributed by atoms with Gasteiger partial charge in [0.1, 0.15) is 0 Å². The maximum absolute atomic E-state index is 8.14. The van der Waals surface area contributed by atoms with Crippen LogP contribution in [0.15, 0.2) is 12.2 Å². The molecule has 0 aromatic carbocycles. The third-order valence-electron chi connectivity index (χ3n) is 1.62. The molecule has 0 spiro atoms. The highest BCUT2D eigenvalue weighted by molar-refractivity contribution is 5.05. The van der Waals surface area contributed by atoms with Gasteiger partial charge in [-0.15, -0.1) is 0 Å². The van der Waals surface area contributed by atoms with Crippen LogP contribution in [0.25, 0.3) is 0 Å². The Labute approximate surface area is 68.9 Å². The molecule has 1 saturated carbocycles. The summed E-state index contributed by atoms with van der Waals surface area (Å²) in [5.41, 5.74) is 1.43. The summed E-state index contributed by atoms with van der Waals surface area (Å²) in [7, 11) is 1.45. The Morgan fingerprint density at radius 2 is 2.00 bits per heavy atom. The van der Waals surface area contributed by atoms with Crippen molar-refractivity contribution in [2.75, 3.05) is 7.11 Å². The van der Waals surface area contributed by atoms with Gasteiger partial charge in [-0.2, -0.15) is 0 Å². The molecule has 0 aliphatic heterocycles. The van der Waals surface area contributed by atoms with E-state index in [-0.39, 0.29) is 0 Å². The molecule has 1 aliphatic carbocycles. The Kier molecular flexibility index (Phi) is 5.16. The monoisotopic (exact) mass is 158 g/mol. The van der Waals surface area contributed by atoms with Gasteiger partial charge in [0.15, 0.2) is 6.29 Å². The van der Waals surface area contributed by atoms with Gasteiger partial charge in [0.05, 0.1) is 0 Å². The van der Waals surface area contributed by atoms with Crippen molar-refractivity contribution < 1.29 is 9.84 Å². The highest BCUT2D eigenvalue weighted by Gasteiger charge is 2.14. The van der Waals surface area contributed by atoms with Crippen LogP contribution in [0.5, 0.6) is 0 Å². The molecule has 66 valence electrons. The van der Waals surface area contributed by atoms with Crippen molar-refractivity contribution in [3.63, 3.8) is 0 Å². The maximum atomic E-state index is 8.14. The molecule has 0 bridgehead atoms. The van der Waals surface area contributed by atoms with E-state index in [1.807, 2.05) is 0 Å². The minimum absolute atomic E-state index is 0.616. The lowest BCUT2D eigenvalue weighted by Crippen LogP contribution is -2.08. The van der Waals surface area contributed by atoms with Gasteiger partial charge in [0.25, 0.3) is 0 Å². The molecular formula is C9H18O2. The van der Waals surface area contributed by atoms with E-state index in [1.54, 1.807) is 6.92 Å². The number of methoxy groups -OCH3 is 1. The quantitative estimate of drug-likeness (QED) is 0.467. The molecule has 1 atom stereocenters. The molecule has 0 amide bonds. The molecule has 2 heteroatoms. The van der Waals surface area contributed by atoms with Crippen LogP contribution in [0.4, 0.5) is 0 Å². The minimum atomic E-state index is -0.616. The second-order valence-corrected chi connectivity index (χ2v) is 3.10. The molecule has 11 heavy (non-hydrogen) atoms. The summed E-state index contributed by atoms with van der Waals surface area (Å²) in [4.78, 5) is 0. The normalized spacial score (nSPS) is 19.8. The van der Waals surface area contributed by atoms with Gasteiger partial charge >= 0.3 is 0 Å². The molecule has 1 aliphatic rings. The average Bonchev–Trinajstić information content (AvgIpc) is 1.87. The largest absolute Gasteiger partial charge is 0.368 e. The van der Waals surface area contributed by atoms with Crippen molar-refractivity contribution in [2.24, 2.45) is 5.92 Å². The molecule has 1 N–H and O–H groups in total. The zero-order valence-corrected chi connectivity index (χ0v) is 7.63. The lowest BCUT2D eigenvalue weighted by Gasteiger charge is -2.23. The zero-order valence-electron chi connectivity index (χ0n) is 7.63. The summed E-state index contributed by atoms with van der Waals surface area (Å²) < 4.78 is 4.31. The molecule has 0 saturated heterocycles. The summed E-state index contributed by atoms with van der Waals surface area (Å²) in [5, 5.41) is 8.14. The number of aliphatic hydroxyl groups excluding tert-OH is 1. The molecule has 0 radical (unpaired) electrons. The van der Waals surface area contributed by atoms with Gasteiger partial charge in [0, 0.05) is 7.11 Å². The van der Waals surface area contributed by atoms with E-state index in [0.29, 0.717) is 0 Å². The van der Waals surface area contributed by atoms with Gasteiger partial charge in [0.2, 0.25) is 0 Å². The predicted octanol–water partition coefficient (Wildman–Crippen LogP) is 1.94. The fourth-order valence-electron chi connectivity index (χ4n) is 0.926. The highest BCUT2D eigenvalue weighted by Crippen LogP contribution is 2.29. The van der Waals surface area contributed by atoms with Crippen LogP contribution < -0.4 is 0 Å². The van der Waals surface area contributed by atoms with Crippen molar-refractivity contribution in [1.82, 2.24) is 0 Å². The van der Waals surface area contributed by atoms with E-state index in [0.717, 1.165) is 5.92 Å². The Hall–Kier alpha value is -0.340. The van der Waals surface area contributed by atoms with Crippen LogP contribution >= 0.6 is 0 Å². The van der Waals surface area contributed by atoms with Gasteiger partial charge in [-0.3, -0.25) is 0 Å². The Morgan fingerprint density at radius 3 is 2.00 bits per heavy atom. The predicted molar refractivity (Wildman–Crippen MR) is 46.2 cm³/mol. The van der Waals surface area contributed by atoms with Gasteiger partial charge in [-0.1, -0.05) is 19.1 Å². The van der Waals surface area contributed by atoms with Crippen LogP contribution in [-0.4, -0.2) is 18.5 Å². The number of aliphatic hydroxyl groups is 1. The summed E-state index contributed by atoms with van der Waals surface area (Å²) >= 11 is 0. The van der Waals surface area contributed by atoms with Crippen LogP contribution in [0, 0.1) is 5.92 Å². The Bertz CT molecular complexity index is 111. The number of hydrogen-bond donors (Lipinski definition) is 1. The first kappa shape index (κ1) is 10.7. The molecule has 1 unspecified atom stereocenters. The van der Waals surface area contributed by atoms with Crippen LogP contribution in [0.2, 0.25) is 0 Å². The molecular weight excluding hydrogens is 140 g/mol. The van der Waals surface area contributed by atoms with E-state index < -0.39 is 6.29 Å². The van der Waals surface area contributed by atoms with Crippen LogP contribution in [0.1, 0.15) is 26.7 Å². The van der Waals surface area contributed by atoms with Crippen molar-refractivity contribution in [1.29, 1.82) is 0 Å². The first-order chi connectivity index (χ1) is 5.06. The first-order valence-corrected chi connectivity index (χ1v) is 3.93. The SMILES string of the molecule is C=C1CC(C)C1.COC(C)O. The van der Waals surface area contributed by atoms with E-state index >= 15 is 0 Å². The fourth-order valence-corrected chi connectivity index (χ4v) is 0.926. The lowest BCUT2D eigenvalue weighted by molar-refractivity contribution is -0.0583. The maximum Gasteiger partial charge on any atom is 0.151 e. The topological polar surface area (TPSA) is 29.5 Å². The highest BCUT2D eigenvalue weighted by atomic mass is 16.6. The van der Waals surface area contributed by atoms with Crippen LogP contribution in [0.3, 0.4) is 0 Å². The molecule has 0 aromatic rings. The molecule has 2 nitrogen and oxygen atoms in total. The van der Waals surface area contributed by atoms with E-state index in [2.05, 4.69) is 18.2 Å². The number of hydrogen-bond acceptors (Lipinski definition) is 2. The third-order valence-corrected chi connectivity index (χ3v) is 1.62. The minimum Gasteiger partial charge on any atom is -0.368 e. The Balaban J connectivity index is 0.000000187. The van der Waals surface area contributed by atoms with E-state index in [4.69, 9.17) is 5.11 Å². The van der Waals surface area contributed by atoms with E-state index in [1.165, 1.54) is 25.5 Å². The smallest absolute Gasteiger partial charge is 0.151 e. The van der Waals surface area contributed by atoms with Crippen molar-refractivity contribution in [2.45, 2.75) is 33.0 Å². The van der Waals surface area contributed by atoms with Gasteiger partial charge in [-0.05, 0) is 25.7 Å².